The first kappa shape index (κ1) is 12.6. The summed E-state index contributed by atoms with van der Waals surface area (Å²) < 4.78 is 5.11. The van der Waals surface area contributed by atoms with Crippen LogP contribution >= 0.6 is 0 Å². The highest BCUT2D eigenvalue weighted by Crippen LogP contribution is 2.20. The number of nitrogens with one attached hydrogen (secondary N) is 1. The van der Waals surface area contributed by atoms with Crippen LogP contribution in [0.5, 0.6) is 5.75 Å². The summed E-state index contributed by atoms with van der Waals surface area (Å²) in [5.74, 6) is 0.849. The molecule has 1 aromatic carbocycles. The average molecular weight is 246 g/mol. The Morgan fingerprint density at radius 2 is 2.06 bits per heavy atom. The van der Waals surface area contributed by atoms with Gasteiger partial charge in [-0.05, 0) is 37.5 Å². The fourth-order valence-corrected chi connectivity index (χ4v) is 1.94. The molecule has 0 fully saturated rings. The number of imidazole rings is 1. The number of aromatic nitrogens is 2. The number of ether oxygens (including phenoxy) is 1. The van der Waals surface area contributed by atoms with E-state index in [-0.39, 0.29) is 0 Å². The molecule has 0 saturated heterocycles. The fourth-order valence-electron chi connectivity index (χ4n) is 1.94. The molecule has 0 spiro atoms. The number of aliphatic hydroxyl groups excluding tert-OH is 1. The molecule has 1 unspecified atom stereocenters. The van der Waals surface area contributed by atoms with Gasteiger partial charge in [-0.2, -0.15) is 0 Å². The molecule has 96 valence electrons. The van der Waals surface area contributed by atoms with Crippen LogP contribution in [0.4, 0.5) is 0 Å². The molecular formula is C14H18N2O2. The van der Waals surface area contributed by atoms with Crippen LogP contribution < -0.4 is 4.74 Å². The molecule has 1 aromatic heterocycles. The summed E-state index contributed by atoms with van der Waals surface area (Å²) in [5, 5.41) is 10.0. The summed E-state index contributed by atoms with van der Waals surface area (Å²) in [5.41, 5.74) is 2.85. The van der Waals surface area contributed by atoms with E-state index in [4.69, 9.17) is 4.74 Å². The number of aliphatic hydroxyl groups is 1. The maximum absolute atomic E-state index is 10.0. The van der Waals surface area contributed by atoms with Crippen molar-refractivity contribution < 1.29 is 9.84 Å². The highest BCUT2D eigenvalue weighted by Gasteiger charge is 2.12. The van der Waals surface area contributed by atoms with E-state index in [2.05, 4.69) is 9.97 Å². The van der Waals surface area contributed by atoms with Gasteiger partial charge < -0.3 is 14.8 Å². The van der Waals surface area contributed by atoms with Crippen molar-refractivity contribution in [2.75, 3.05) is 7.11 Å². The third-order valence-electron chi connectivity index (χ3n) is 3.05. The van der Waals surface area contributed by atoms with Crippen molar-refractivity contribution >= 4 is 0 Å². The van der Waals surface area contributed by atoms with Gasteiger partial charge in [-0.25, -0.2) is 4.98 Å². The molecule has 0 bridgehead atoms. The zero-order valence-corrected chi connectivity index (χ0v) is 10.7. The van der Waals surface area contributed by atoms with Gasteiger partial charge in [0.15, 0.2) is 0 Å². The monoisotopic (exact) mass is 246 g/mol. The number of methoxy groups -OCH3 is 1. The number of hydrogen-bond donors (Lipinski definition) is 2. The van der Waals surface area contributed by atoms with E-state index in [0.29, 0.717) is 6.42 Å². The molecule has 2 aromatic rings. The Labute approximate surface area is 107 Å². The summed E-state index contributed by atoms with van der Waals surface area (Å²) >= 11 is 0. The summed E-state index contributed by atoms with van der Waals surface area (Å²) in [7, 11) is 1.65. The Morgan fingerprint density at radius 3 is 2.61 bits per heavy atom. The molecule has 1 heterocycles. The molecular weight excluding hydrogens is 228 g/mol. The first-order chi connectivity index (χ1) is 8.70. The van der Waals surface area contributed by atoms with Crippen molar-refractivity contribution in [1.29, 1.82) is 0 Å². The van der Waals surface area contributed by atoms with Crippen molar-refractivity contribution in [2.24, 2.45) is 0 Å². The van der Waals surface area contributed by atoms with Crippen molar-refractivity contribution in [3.05, 3.63) is 47.5 Å². The Morgan fingerprint density at radius 1 is 1.33 bits per heavy atom. The van der Waals surface area contributed by atoms with Gasteiger partial charge in [-0.3, -0.25) is 0 Å². The molecule has 0 aliphatic carbocycles. The summed E-state index contributed by atoms with van der Waals surface area (Å²) in [6.45, 7) is 1.92. The Bertz CT molecular complexity index is 491. The van der Waals surface area contributed by atoms with Crippen LogP contribution in [0.3, 0.4) is 0 Å². The summed E-state index contributed by atoms with van der Waals surface area (Å²) in [6, 6.07) is 7.90. The molecule has 0 amide bonds. The van der Waals surface area contributed by atoms with Gasteiger partial charge in [0.25, 0.3) is 0 Å². The van der Waals surface area contributed by atoms with Gasteiger partial charge in [0.1, 0.15) is 5.75 Å². The van der Waals surface area contributed by atoms with Crippen molar-refractivity contribution in [3.8, 4) is 5.75 Å². The van der Waals surface area contributed by atoms with Gasteiger partial charge in [-0.15, -0.1) is 0 Å². The highest BCUT2D eigenvalue weighted by atomic mass is 16.5. The lowest BCUT2D eigenvalue weighted by molar-refractivity contribution is 0.163. The zero-order chi connectivity index (χ0) is 13.0. The Hall–Kier alpha value is -1.81. The largest absolute Gasteiger partial charge is 0.497 e. The first-order valence-corrected chi connectivity index (χ1v) is 6.01. The lowest BCUT2D eigenvalue weighted by atomic mass is 10.0. The Balaban J connectivity index is 1.93. The molecule has 2 rings (SSSR count). The molecule has 1 atom stereocenters. The van der Waals surface area contributed by atoms with E-state index >= 15 is 0 Å². The lowest BCUT2D eigenvalue weighted by Gasteiger charge is -2.09. The number of benzene rings is 1. The number of nitrogens with zero attached hydrogens (tertiary/aromatic N) is 1. The van der Waals surface area contributed by atoms with Crippen LogP contribution in [0, 0.1) is 6.92 Å². The van der Waals surface area contributed by atoms with Crippen LogP contribution in [0.15, 0.2) is 30.6 Å². The van der Waals surface area contributed by atoms with Crippen LogP contribution in [-0.4, -0.2) is 22.2 Å². The Kier molecular flexibility index (Phi) is 3.99. The van der Waals surface area contributed by atoms with E-state index in [1.165, 1.54) is 5.56 Å². The van der Waals surface area contributed by atoms with Crippen LogP contribution in [0.25, 0.3) is 0 Å². The molecule has 4 heteroatoms. The minimum Gasteiger partial charge on any atom is -0.497 e. The quantitative estimate of drug-likeness (QED) is 0.851. The van der Waals surface area contributed by atoms with Crippen LogP contribution in [-0.2, 0) is 6.42 Å². The minimum atomic E-state index is -0.515. The molecule has 0 aliphatic rings. The smallest absolute Gasteiger partial charge is 0.118 e. The second-order valence-electron chi connectivity index (χ2n) is 4.32. The predicted molar refractivity (Wildman–Crippen MR) is 69.6 cm³/mol. The molecule has 4 nitrogen and oxygen atoms in total. The second kappa shape index (κ2) is 5.69. The first-order valence-electron chi connectivity index (χ1n) is 6.01. The van der Waals surface area contributed by atoms with Gasteiger partial charge in [0.05, 0.1) is 25.2 Å². The third-order valence-corrected chi connectivity index (χ3v) is 3.05. The second-order valence-corrected chi connectivity index (χ2v) is 4.32. The van der Waals surface area contributed by atoms with Crippen molar-refractivity contribution in [2.45, 2.75) is 25.9 Å². The van der Waals surface area contributed by atoms with Crippen molar-refractivity contribution in [1.82, 2.24) is 9.97 Å². The number of aryl methyl sites for hydroxylation is 2. The average Bonchev–Trinajstić information content (AvgIpc) is 2.83. The van der Waals surface area contributed by atoms with E-state index in [9.17, 15) is 5.11 Å². The van der Waals surface area contributed by atoms with E-state index in [1.54, 1.807) is 13.4 Å². The van der Waals surface area contributed by atoms with Crippen molar-refractivity contribution in [3.63, 3.8) is 0 Å². The van der Waals surface area contributed by atoms with Crippen LogP contribution in [0.1, 0.15) is 29.5 Å². The number of rotatable bonds is 5. The van der Waals surface area contributed by atoms with E-state index < -0.39 is 6.10 Å². The lowest BCUT2D eigenvalue weighted by Crippen LogP contribution is -2.02. The van der Waals surface area contributed by atoms with Gasteiger partial charge in [0, 0.05) is 5.69 Å². The molecule has 18 heavy (non-hydrogen) atoms. The molecule has 0 saturated carbocycles. The fraction of sp³-hybridized carbons (Fsp3) is 0.357. The minimum absolute atomic E-state index is 0.515. The maximum atomic E-state index is 10.0. The normalized spacial score (nSPS) is 12.4. The zero-order valence-electron chi connectivity index (χ0n) is 10.7. The number of aromatic amines is 1. The SMILES string of the molecule is COc1ccc(CCC(O)c2nc[nH]c2C)cc1. The summed E-state index contributed by atoms with van der Waals surface area (Å²) in [4.78, 5) is 7.10. The van der Waals surface area contributed by atoms with E-state index in [0.717, 1.165) is 23.6 Å². The van der Waals surface area contributed by atoms with Gasteiger partial charge in [0.2, 0.25) is 0 Å². The van der Waals surface area contributed by atoms with Gasteiger partial charge >= 0.3 is 0 Å². The topological polar surface area (TPSA) is 58.1 Å². The van der Waals surface area contributed by atoms with Gasteiger partial charge in [-0.1, -0.05) is 12.1 Å². The van der Waals surface area contributed by atoms with E-state index in [1.807, 2.05) is 31.2 Å². The maximum Gasteiger partial charge on any atom is 0.118 e. The number of H-pyrrole nitrogens is 1. The van der Waals surface area contributed by atoms with Crippen LogP contribution in [0.2, 0.25) is 0 Å². The highest BCUT2D eigenvalue weighted by molar-refractivity contribution is 5.27. The predicted octanol–water partition coefficient (Wildman–Crippen LogP) is 2.39. The number of hydrogen-bond acceptors (Lipinski definition) is 3. The molecule has 0 radical (unpaired) electrons. The molecule has 2 N–H and O–H groups in total. The molecule has 0 aliphatic heterocycles. The third kappa shape index (κ3) is 2.90. The standard InChI is InChI=1S/C14H18N2O2/c1-10-14(16-9-15-10)13(17)8-5-11-3-6-12(18-2)7-4-11/h3-4,6-7,9,13,17H,5,8H2,1-2H3,(H,15,16). The summed E-state index contributed by atoms with van der Waals surface area (Å²) in [6.07, 6.45) is 2.58.